The number of amides is 2. The van der Waals surface area contributed by atoms with Gasteiger partial charge in [-0.15, -0.1) is 0 Å². The molecule has 1 aliphatic rings. The van der Waals surface area contributed by atoms with E-state index in [2.05, 4.69) is 4.90 Å². The molecule has 0 bridgehead atoms. The molecule has 0 aliphatic carbocycles. The van der Waals surface area contributed by atoms with Gasteiger partial charge in [-0.25, -0.2) is 4.79 Å². The quantitative estimate of drug-likeness (QED) is 0.865. The van der Waals surface area contributed by atoms with Gasteiger partial charge in [0.1, 0.15) is 5.75 Å². The zero-order valence-electron chi connectivity index (χ0n) is 11.2. The van der Waals surface area contributed by atoms with Crippen molar-refractivity contribution in [3.8, 4) is 5.75 Å². The SMILES string of the molecule is CN(C(N)=O)C1CCN(Cc2ccc(O)cc2)CC1. The fourth-order valence-electron chi connectivity index (χ4n) is 2.50. The molecule has 19 heavy (non-hydrogen) atoms. The maximum absolute atomic E-state index is 11.1. The Hall–Kier alpha value is -1.75. The lowest BCUT2D eigenvalue weighted by Crippen LogP contribution is -2.47. The van der Waals surface area contributed by atoms with Gasteiger partial charge in [-0.2, -0.15) is 0 Å². The Bertz CT molecular complexity index is 425. The number of carbonyl (C=O) groups is 1. The van der Waals surface area contributed by atoms with Crippen LogP contribution in [0.3, 0.4) is 0 Å². The van der Waals surface area contributed by atoms with E-state index in [9.17, 15) is 9.90 Å². The summed E-state index contributed by atoms with van der Waals surface area (Å²) in [6.45, 7) is 2.81. The number of urea groups is 1. The number of piperidine rings is 1. The molecular weight excluding hydrogens is 242 g/mol. The number of phenols is 1. The second-order valence-corrected chi connectivity index (χ2v) is 5.12. The molecule has 5 heteroatoms. The number of aromatic hydroxyl groups is 1. The fraction of sp³-hybridized carbons (Fsp3) is 0.500. The van der Waals surface area contributed by atoms with E-state index in [4.69, 9.17) is 5.73 Å². The van der Waals surface area contributed by atoms with Crippen LogP contribution in [0.1, 0.15) is 18.4 Å². The van der Waals surface area contributed by atoms with Gasteiger partial charge in [0.25, 0.3) is 0 Å². The minimum absolute atomic E-state index is 0.258. The third kappa shape index (κ3) is 3.61. The van der Waals surface area contributed by atoms with Gasteiger partial charge < -0.3 is 15.7 Å². The highest BCUT2D eigenvalue weighted by atomic mass is 16.3. The fourth-order valence-corrected chi connectivity index (χ4v) is 2.50. The molecule has 104 valence electrons. The summed E-state index contributed by atoms with van der Waals surface area (Å²) in [6.07, 6.45) is 1.91. The Morgan fingerprint density at radius 1 is 1.37 bits per heavy atom. The second-order valence-electron chi connectivity index (χ2n) is 5.12. The van der Waals surface area contributed by atoms with Gasteiger partial charge in [-0.05, 0) is 30.5 Å². The maximum Gasteiger partial charge on any atom is 0.314 e. The summed E-state index contributed by atoms with van der Waals surface area (Å²) in [5.74, 6) is 0.297. The molecule has 1 aromatic carbocycles. The zero-order chi connectivity index (χ0) is 13.8. The summed E-state index contributed by atoms with van der Waals surface area (Å²) in [5, 5.41) is 9.25. The first-order valence-electron chi connectivity index (χ1n) is 6.59. The first kappa shape index (κ1) is 13.7. The highest BCUT2D eigenvalue weighted by Crippen LogP contribution is 2.18. The number of primary amides is 1. The number of likely N-dealkylation sites (tertiary alicyclic amines) is 1. The lowest BCUT2D eigenvalue weighted by molar-refractivity contribution is 0.135. The van der Waals surface area contributed by atoms with Gasteiger partial charge in [-0.3, -0.25) is 4.90 Å². The summed E-state index contributed by atoms with van der Waals surface area (Å²) >= 11 is 0. The van der Waals surface area contributed by atoms with E-state index in [-0.39, 0.29) is 12.1 Å². The number of benzene rings is 1. The Morgan fingerprint density at radius 3 is 2.47 bits per heavy atom. The predicted octanol–water partition coefficient (Wildman–Crippen LogP) is 1.37. The van der Waals surface area contributed by atoms with Crippen LogP contribution in [-0.2, 0) is 6.54 Å². The highest BCUT2D eigenvalue weighted by Gasteiger charge is 2.23. The van der Waals surface area contributed by atoms with Crippen molar-refractivity contribution < 1.29 is 9.90 Å². The summed E-state index contributed by atoms with van der Waals surface area (Å²) in [6, 6.07) is 7.21. The summed E-state index contributed by atoms with van der Waals surface area (Å²) in [4.78, 5) is 15.1. The Balaban J connectivity index is 1.83. The molecule has 5 nitrogen and oxygen atoms in total. The molecule has 3 N–H and O–H groups in total. The molecule has 2 rings (SSSR count). The molecule has 1 heterocycles. The van der Waals surface area contributed by atoms with Gasteiger partial charge >= 0.3 is 6.03 Å². The molecule has 0 aromatic heterocycles. The molecule has 1 fully saturated rings. The van der Waals surface area contributed by atoms with E-state index in [1.54, 1.807) is 24.1 Å². The maximum atomic E-state index is 11.1. The number of carbonyl (C=O) groups excluding carboxylic acids is 1. The molecule has 1 aliphatic heterocycles. The molecule has 0 spiro atoms. The number of nitrogens with zero attached hydrogens (tertiary/aromatic N) is 2. The average molecular weight is 263 g/mol. The van der Waals surface area contributed by atoms with Crippen molar-refractivity contribution in [2.45, 2.75) is 25.4 Å². The van der Waals surface area contributed by atoms with Crippen LogP contribution in [0.4, 0.5) is 4.79 Å². The molecule has 1 saturated heterocycles. The van der Waals surface area contributed by atoms with Gasteiger partial charge in [0.05, 0.1) is 0 Å². The third-order valence-electron chi connectivity index (χ3n) is 3.79. The van der Waals surface area contributed by atoms with Crippen molar-refractivity contribution in [3.05, 3.63) is 29.8 Å². The number of rotatable bonds is 3. The van der Waals surface area contributed by atoms with Crippen molar-refractivity contribution >= 4 is 6.03 Å². The van der Waals surface area contributed by atoms with E-state index in [0.29, 0.717) is 5.75 Å². The Kier molecular flexibility index (Phi) is 4.27. The number of hydrogen-bond donors (Lipinski definition) is 2. The van der Waals surface area contributed by atoms with Crippen molar-refractivity contribution in [1.29, 1.82) is 0 Å². The van der Waals surface area contributed by atoms with Crippen LogP contribution in [0.25, 0.3) is 0 Å². The Morgan fingerprint density at radius 2 is 1.95 bits per heavy atom. The number of hydrogen-bond acceptors (Lipinski definition) is 3. The van der Waals surface area contributed by atoms with Gasteiger partial charge in [-0.1, -0.05) is 12.1 Å². The minimum Gasteiger partial charge on any atom is -0.508 e. The molecule has 0 saturated carbocycles. The van der Waals surface area contributed by atoms with Crippen LogP contribution in [-0.4, -0.2) is 47.1 Å². The second kappa shape index (κ2) is 5.93. The van der Waals surface area contributed by atoms with Gasteiger partial charge in [0.15, 0.2) is 0 Å². The van der Waals surface area contributed by atoms with Crippen LogP contribution >= 0.6 is 0 Å². The standard InChI is InChI=1S/C14H21N3O2/c1-16(14(15)19)12-6-8-17(9-7-12)10-11-2-4-13(18)5-3-11/h2-5,12,18H,6-10H2,1H3,(H2,15,19). The molecular formula is C14H21N3O2. The van der Waals surface area contributed by atoms with E-state index in [1.807, 2.05) is 12.1 Å². The largest absolute Gasteiger partial charge is 0.508 e. The van der Waals surface area contributed by atoms with Crippen LogP contribution < -0.4 is 5.73 Å². The van der Waals surface area contributed by atoms with Crippen LogP contribution in [0.2, 0.25) is 0 Å². The van der Waals surface area contributed by atoms with E-state index >= 15 is 0 Å². The molecule has 0 radical (unpaired) electrons. The summed E-state index contributed by atoms with van der Waals surface area (Å²) < 4.78 is 0. The molecule has 1 aromatic rings. The highest BCUT2D eigenvalue weighted by molar-refractivity contribution is 5.72. The molecule has 0 atom stereocenters. The topological polar surface area (TPSA) is 69.8 Å². The van der Waals surface area contributed by atoms with E-state index in [0.717, 1.165) is 32.5 Å². The Labute approximate surface area is 113 Å². The van der Waals surface area contributed by atoms with Crippen molar-refractivity contribution in [2.75, 3.05) is 20.1 Å². The molecule has 0 unspecified atom stereocenters. The number of nitrogens with two attached hydrogens (primary N) is 1. The third-order valence-corrected chi connectivity index (χ3v) is 3.79. The lowest BCUT2D eigenvalue weighted by atomic mass is 10.0. The summed E-state index contributed by atoms with van der Waals surface area (Å²) in [7, 11) is 1.77. The van der Waals surface area contributed by atoms with E-state index in [1.165, 1.54) is 5.56 Å². The van der Waals surface area contributed by atoms with Gasteiger partial charge in [0.2, 0.25) is 0 Å². The first-order valence-corrected chi connectivity index (χ1v) is 6.59. The monoisotopic (exact) mass is 263 g/mol. The zero-order valence-corrected chi connectivity index (χ0v) is 11.2. The lowest BCUT2D eigenvalue weighted by Gasteiger charge is -2.36. The normalized spacial score (nSPS) is 17.3. The van der Waals surface area contributed by atoms with Crippen LogP contribution in [0.15, 0.2) is 24.3 Å². The van der Waals surface area contributed by atoms with Crippen LogP contribution in [0, 0.1) is 0 Å². The summed E-state index contributed by atoms with van der Waals surface area (Å²) in [5.41, 5.74) is 6.48. The van der Waals surface area contributed by atoms with Gasteiger partial charge in [0, 0.05) is 32.7 Å². The predicted molar refractivity (Wildman–Crippen MR) is 73.8 cm³/mol. The minimum atomic E-state index is -0.350. The average Bonchev–Trinajstić information content (AvgIpc) is 2.41. The molecule has 2 amide bonds. The van der Waals surface area contributed by atoms with Crippen molar-refractivity contribution in [3.63, 3.8) is 0 Å². The van der Waals surface area contributed by atoms with E-state index < -0.39 is 0 Å². The van der Waals surface area contributed by atoms with Crippen molar-refractivity contribution in [2.24, 2.45) is 5.73 Å². The van der Waals surface area contributed by atoms with Crippen LogP contribution in [0.5, 0.6) is 5.75 Å². The van der Waals surface area contributed by atoms with Crippen molar-refractivity contribution in [1.82, 2.24) is 9.80 Å². The number of phenolic OH excluding ortho intramolecular Hbond substituents is 1. The smallest absolute Gasteiger partial charge is 0.314 e. The first-order chi connectivity index (χ1) is 9.06.